The van der Waals surface area contributed by atoms with Crippen molar-refractivity contribution in [1.29, 1.82) is 0 Å². The Bertz CT molecular complexity index is 545. The van der Waals surface area contributed by atoms with Gasteiger partial charge in [0.05, 0.1) is 5.69 Å². The standard InChI is InChI=1S/C13H11NOS/c15-8-11-5-6-12-9-16-13-4-2-1-3-10(13)7-14(11)12/h1-6,8H,7,9H2. The molecule has 0 radical (unpaired) electrons. The number of benzene rings is 1. The summed E-state index contributed by atoms with van der Waals surface area (Å²) in [7, 11) is 0. The predicted octanol–water partition coefficient (Wildman–Crippen LogP) is 2.95. The highest BCUT2D eigenvalue weighted by atomic mass is 32.2. The molecule has 1 aliphatic rings. The Labute approximate surface area is 98.3 Å². The van der Waals surface area contributed by atoms with Gasteiger partial charge in [-0.3, -0.25) is 4.79 Å². The molecule has 1 aromatic carbocycles. The number of carbonyl (C=O) groups is 1. The maximum atomic E-state index is 10.9. The first-order valence-electron chi connectivity index (χ1n) is 5.23. The van der Waals surface area contributed by atoms with Crippen molar-refractivity contribution in [3.8, 4) is 0 Å². The molecule has 3 heteroatoms. The molecule has 0 bridgehead atoms. The van der Waals surface area contributed by atoms with E-state index in [0.29, 0.717) is 0 Å². The lowest BCUT2D eigenvalue weighted by atomic mass is 10.2. The van der Waals surface area contributed by atoms with Crippen molar-refractivity contribution >= 4 is 18.0 Å². The molecular formula is C13H11NOS. The van der Waals surface area contributed by atoms with Crippen LogP contribution in [0.2, 0.25) is 0 Å². The second-order valence-corrected chi connectivity index (χ2v) is 4.87. The SMILES string of the molecule is O=Cc1ccc2n1Cc1ccccc1SC2. The van der Waals surface area contributed by atoms with E-state index in [2.05, 4.69) is 28.8 Å². The van der Waals surface area contributed by atoms with Crippen LogP contribution in [-0.2, 0) is 12.3 Å². The summed E-state index contributed by atoms with van der Waals surface area (Å²) in [5.74, 6) is 0.935. The van der Waals surface area contributed by atoms with Crippen LogP contribution in [0, 0.1) is 0 Å². The third-order valence-electron chi connectivity index (χ3n) is 2.90. The molecule has 0 aliphatic carbocycles. The lowest BCUT2D eigenvalue weighted by Crippen LogP contribution is -2.05. The fourth-order valence-electron chi connectivity index (χ4n) is 2.05. The third-order valence-corrected chi connectivity index (χ3v) is 4.05. The monoisotopic (exact) mass is 229 g/mol. The van der Waals surface area contributed by atoms with E-state index >= 15 is 0 Å². The van der Waals surface area contributed by atoms with Crippen LogP contribution in [0.1, 0.15) is 21.7 Å². The molecule has 0 spiro atoms. The number of hydrogen-bond acceptors (Lipinski definition) is 2. The van der Waals surface area contributed by atoms with Crippen LogP contribution in [0.5, 0.6) is 0 Å². The van der Waals surface area contributed by atoms with E-state index in [1.54, 1.807) is 0 Å². The molecule has 0 saturated carbocycles. The largest absolute Gasteiger partial charge is 0.337 e. The molecule has 0 atom stereocenters. The highest BCUT2D eigenvalue weighted by Gasteiger charge is 2.14. The van der Waals surface area contributed by atoms with Crippen molar-refractivity contribution in [2.45, 2.75) is 17.2 Å². The number of fused-ring (bicyclic) bond motifs is 2. The van der Waals surface area contributed by atoms with E-state index in [9.17, 15) is 4.79 Å². The van der Waals surface area contributed by atoms with Gasteiger partial charge in [-0.25, -0.2) is 0 Å². The normalized spacial score (nSPS) is 13.8. The Morgan fingerprint density at radius 3 is 2.94 bits per heavy atom. The first kappa shape index (κ1) is 9.73. The van der Waals surface area contributed by atoms with Crippen LogP contribution in [-0.4, -0.2) is 10.9 Å². The Kier molecular flexibility index (Phi) is 2.33. The van der Waals surface area contributed by atoms with E-state index in [0.717, 1.165) is 24.3 Å². The van der Waals surface area contributed by atoms with Crippen LogP contribution in [0.3, 0.4) is 0 Å². The molecule has 0 N–H and O–H groups in total. The van der Waals surface area contributed by atoms with Gasteiger partial charge in [0, 0.05) is 22.9 Å². The van der Waals surface area contributed by atoms with Crippen molar-refractivity contribution in [2.24, 2.45) is 0 Å². The number of hydrogen-bond donors (Lipinski definition) is 0. The molecule has 1 aliphatic heterocycles. The van der Waals surface area contributed by atoms with Gasteiger partial charge in [0.2, 0.25) is 0 Å². The molecular weight excluding hydrogens is 218 g/mol. The highest BCUT2D eigenvalue weighted by Crippen LogP contribution is 2.31. The van der Waals surface area contributed by atoms with Crippen molar-refractivity contribution in [1.82, 2.24) is 4.57 Å². The minimum Gasteiger partial charge on any atom is -0.337 e. The van der Waals surface area contributed by atoms with Crippen LogP contribution in [0.15, 0.2) is 41.3 Å². The van der Waals surface area contributed by atoms with Crippen LogP contribution >= 0.6 is 11.8 Å². The number of thioether (sulfide) groups is 1. The van der Waals surface area contributed by atoms with Gasteiger partial charge >= 0.3 is 0 Å². The van der Waals surface area contributed by atoms with E-state index in [1.165, 1.54) is 16.2 Å². The van der Waals surface area contributed by atoms with Crippen molar-refractivity contribution in [2.75, 3.05) is 0 Å². The van der Waals surface area contributed by atoms with Crippen LogP contribution in [0.25, 0.3) is 0 Å². The topological polar surface area (TPSA) is 22.0 Å². The van der Waals surface area contributed by atoms with E-state index in [4.69, 9.17) is 0 Å². The third kappa shape index (κ3) is 1.48. The van der Waals surface area contributed by atoms with Gasteiger partial charge in [-0.1, -0.05) is 18.2 Å². The second-order valence-electron chi connectivity index (χ2n) is 3.85. The first-order valence-corrected chi connectivity index (χ1v) is 6.21. The number of aromatic nitrogens is 1. The number of aldehydes is 1. The fraction of sp³-hybridized carbons (Fsp3) is 0.154. The molecule has 0 unspecified atom stereocenters. The van der Waals surface area contributed by atoms with Gasteiger partial charge in [0.1, 0.15) is 0 Å². The minimum atomic E-state index is 0.771. The Morgan fingerprint density at radius 2 is 2.06 bits per heavy atom. The number of carbonyl (C=O) groups excluding carboxylic acids is 1. The first-order chi connectivity index (χ1) is 7.88. The van der Waals surface area contributed by atoms with Gasteiger partial charge in [-0.05, 0) is 23.8 Å². The summed E-state index contributed by atoms with van der Waals surface area (Å²) in [6.07, 6.45) is 0.933. The summed E-state index contributed by atoms with van der Waals surface area (Å²) in [5.41, 5.74) is 3.29. The molecule has 2 nitrogen and oxygen atoms in total. The molecule has 0 fully saturated rings. The van der Waals surface area contributed by atoms with E-state index in [1.807, 2.05) is 23.9 Å². The molecule has 1 aromatic heterocycles. The molecule has 0 amide bonds. The lowest BCUT2D eigenvalue weighted by molar-refractivity contribution is 0.111. The maximum Gasteiger partial charge on any atom is 0.166 e. The number of rotatable bonds is 1. The van der Waals surface area contributed by atoms with Gasteiger partial charge < -0.3 is 4.57 Å². The molecule has 2 aromatic rings. The summed E-state index contributed by atoms with van der Waals surface area (Å²) in [4.78, 5) is 12.3. The highest BCUT2D eigenvalue weighted by molar-refractivity contribution is 7.98. The average molecular weight is 229 g/mol. The Balaban J connectivity index is 2.11. The quantitative estimate of drug-likeness (QED) is 0.701. The summed E-state index contributed by atoms with van der Waals surface area (Å²) < 4.78 is 2.10. The smallest absolute Gasteiger partial charge is 0.166 e. The summed E-state index contributed by atoms with van der Waals surface area (Å²) in [6.45, 7) is 0.805. The van der Waals surface area contributed by atoms with Gasteiger partial charge in [-0.15, -0.1) is 11.8 Å². The van der Waals surface area contributed by atoms with Crippen LogP contribution < -0.4 is 0 Å². The Morgan fingerprint density at radius 1 is 1.19 bits per heavy atom. The summed E-state index contributed by atoms with van der Waals surface area (Å²) in [6, 6.07) is 12.3. The summed E-state index contributed by atoms with van der Waals surface area (Å²) in [5, 5.41) is 0. The predicted molar refractivity (Wildman–Crippen MR) is 64.9 cm³/mol. The maximum absolute atomic E-state index is 10.9. The van der Waals surface area contributed by atoms with Crippen molar-refractivity contribution in [3.05, 3.63) is 53.3 Å². The lowest BCUT2D eigenvalue weighted by Gasteiger charge is -2.07. The summed E-state index contributed by atoms with van der Waals surface area (Å²) >= 11 is 1.84. The van der Waals surface area contributed by atoms with Gasteiger partial charge in [0.25, 0.3) is 0 Å². The van der Waals surface area contributed by atoms with Crippen molar-refractivity contribution < 1.29 is 4.79 Å². The fourth-order valence-corrected chi connectivity index (χ4v) is 3.09. The minimum absolute atomic E-state index is 0.771. The zero-order chi connectivity index (χ0) is 11.0. The average Bonchev–Trinajstić information content (AvgIpc) is 2.61. The van der Waals surface area contributed by atoms with Gasteiger partial charge in [-0.2, -0.15) is 0 Å². The zero-order valence-electron chi connectivity index (χ0n) is 8.72. The van der Waals surface area contributed by atoms with Crippen LogP contribution in [0.4, 0.5) is 0 Å². The van der Waals surface area contributed by atoms with E-state index < -0.39 is 0 Å². The molecule has 16 heavy (non-hydrogen) atoms. The molecule has 80 valence electrons. The zero-order valence-corrected chi connectivity index (χ0v) is 9.54. The Hall–Kier alpha value is -1.48. The second kappa shape index (κ2) is 3.83. The van der Waals surface area contributed by atoms with E-state index in [-0.39, 0.29) is 0 Å². The molecule has 0 saturated heterocycles. The number of nitrogens with zero attached hydrogens (tertiary/aromatic N) is 1. The van der Waals surface area contributed by atoms with Crippen molar-refractivity contribution in [3.63, 3.8) is 0 Å². The molecule has 2 heterocycles. The molecule has 3 rings (SSSR count). The van der Waals surface area contributed by atoms with Gasteiger partial charge in [0.15, 0.2) is 6.29 Å².